The third-order valence-electron chi connectivity index (χ3n) is 1.06. The highest BCUT2D eigenvalue weighted by Crippen LogP contribution is 2.02. The van der Waals surface area contributed by atoms with E-state index in [0.29, 0.717) is 0 Å². The van der Waals surface area contributed by atoms with Gasteiger partial charge in [0.05, 0.1) is 5.70 Å². The number of hydrogen-bond donors (Lipinski definition) is 0. The number of likely N-dealkylation sites (N-methyl/N-ethyl adjacent to an activating group) is 1. The van der Waals surface area contributed by atoms with Crippen LogP contribution in [0, 0.1) is 0 Å². The van der Waals surface area contributed by atoms with Crippen molar-refractivity contribution in [1.29, 1.82) is 0 Å². The fourth-order valence-corrected chi connectivity index (χ4v) is 0.599. The monoisotopic (exact) mass is 107 g/mol. The zero-order chi connectivity index (χ0) is 5.98. The van der Waals surface area contributed by atoms with E-state index < -0.39 is 0 Å². The van der Waals surface area contributed by atoms with Gasteiger partial charge in [0.25, 0.3) is 0 Å². The Bertz CT molecular complexity index is 169. The van der Waals surface area contributed by atoms with Crippen LogP contribution >= 0.6 is 0 Å². The van der Waals surface area contributed by atoms with Gasteiger partial charge in [-0.2, -0.15) is 0 Å². The van der Waals surface area contributed by atoms with E-state index >= 15 is 0 Å². The van der Waals surface area contributed by atoms with Gasteiger partial charge in [-0.1, -0.05) is 11.8 Å². The zero-order valence-electron chi connectivity index (χ0n) is 5.18. The molecule has 0 heterocycles. The van der Waals surface area contributed by atoms with Crippen molar-refractivity contribution < 1.29 is 0 Å². The summed E-state index contributed by atoms with van der Waals surface area (Å²) in [4.78, 5) is 2.03. The molecule has 1 rings (SSSR count). The number of rotatable bonds is 1. The molecule has 1 aliphatic carbocycles. The van der Waals surface area contributed by atoms with Gasteiger partial charge in [0.15, 0.2) is 0 Å². The quantitative estimate of drug-likeness (QED) is 0.454. The van der Waals surface area contributed by atoms with Crippen molar-refractivity contribution in [2.24, 2.45) is 0 Å². The summed E-state index contributed by atoms with van der Waals surface area (Å²) in [5.41, 5.74) is 4.21. The molecule has 0 radical (unpaired) electrons. The maximum atomic E-state index is 3.06. The third-order valence-corrected chi connectivity index (χ3v) is 1.06. The van der Waals surface area contributed by atoms with E-state index in [1.165, 1.54) is 0 Å². The van der Waals surface area contributed by atoms with E-state index in [1.54, 1.807) is 0 Å². The molecule has 0 amide bonds. The Labute approximate surface area is 49.6 Å². The molecule has 0 atom stereocenters. The van der Waals surface area contributed by atoms with Gasteiger partial charge in [-0.3, -0.25) is 0 Å². The van der Waals surface area contributed by atoms with Crippen LogP contribution in [0.5, 0.6) is 0 Å². The lowest BCUT2D eigenvalue weighted by molar-refractivity contribution is 0.532. The molecule has 0 saturated heterocycles. The summed E-state index contributed by atoms with van der Waals surface area (Å²) in [5, 5.41) is 0. The number of hydrogen-bond acceptors (Lipinski definition) is 1. The van der Waals surface area contributed by atoms with Crippen molar-refractivity contribution in [3.05, 3.63) is 29.7 Å². The van der Waals surface area contributed by atoms with Crippen LogP contribution in [-0.4, -0.2) is 19.0 Å². The first-order chi connectivity index (χ1) is 3.80. The van der Waals surface area contributed by atoms with Crippen LogP contribution in [-0.2, 0) is 0 Å². The predicted octanol–water partition coefficient (Wildman–Crippen LogP) is 1.16. The average molecular weight is 107 g/mol. The molecular formula is C7H9N. The molecule has 1 heteroatoms. The molecule has 0 saturated carbocycles. The minimum atomic E-state index is 1.14. The molecule has 0 aliphatic heterocycles. The van der Waals surface area contributed by atoms with Crippen molar-refractivity contribution in [3.8, 4) is 0 Å². The normalized spacial score (nSPS) is 14.5. The zero-order valence-corrected chi connectivity index (χ0v) is 5.18. The Balaban J connectivity index is 2.74. The molecule has 0 fully saturated rings. The summed E-state index contributed by atoms with van der Waals surface area (Å²) >= 11 is 0. The van der Waals surface area contributed by atoms with Crippen LogP contribution in [0.1, 0.15) is 0 Å². The van der Waals surface area contributed by atoms with Crippen LogP contribution in [0.4, 0.5) is 0 Å². The Morgan fingerprint density at radius 1 is 1.50 bits per heavy atom. The Hall–Kier alpha value is -0.940. The summed E-state index contributed by atoms with van der Waals surface area (Å²) in [5.74, 6) is 0. The van der Waals surface area contributed by atoms with Crippen LogP contribution in [0.15, 0.2) is 29.7 Å². The minimum absolute atomic E-state index is 1.14. The van der Waals surface area contributed by atoms with Gasteiger partial charge in [-0.25, -0.2) is 0 Å². The fraction of sp³-hybridized carbons (Fsp3) is 0.286. The molecule has 0 N–H and O–H groups in total. The molecule has 0 spiro atoms. The van der Waals surface area contributed by atoms with Crippen molar-refractivity contribution in [1.82, 2.24) is 4.90 Å². The fourth-order valence-electron chi connectivity index (χ4n) is 0.599. The smallest absolute Gasteiger partial charge is 0.0794 e. The van der Waals surface area contributed by atoms with E-state index in [2.05, 4.69) is 5.73 Å². The SMILES string of the molecule is CN(C)C1=C=CC=C1. The predicted molar refractivity (Wildman–Crippen MR) is 34.4 cm³/mol. The maximum absolute atomic E-state index is 3.06. The van der Waals surface area contributed by atoms with Crippen LogP contribution in [0.3, 0.4) is 0 Å². The molecule has 42 valence electrons. The Kier molecular flexibility index (Phi) is 1.23. The molecule has 1 aliphatic rings. The van der Waals surface area contributed by atoms with E-state index in [-0.39, 0.29) is 0 Å². The minimum Gasteiger partial charge on any atom is -0.371 e. The summed E-state index contributed by atoms with van der Waals surface area (Å²) < 4.78 is 0. The molecule has 0 aromatic rings. The highest BCUT2D eigenvalue weighted by molar-refractivity contribution is 5.27. The Morgan fingerprint density at radius 2 is 2.25 bits per heavy atom. The molecule has 1 nitrogen and oxygen atoms in total. The van der Waals surface area contributed by atoms with E-state index in [9.17, 15) is 0 Å². The van der Waals surface area contributed by atoms with Gasteiger partial charge in [0.2, 0.25) is 0 Å². The van der Waals surface area contributed by atoms with Gasteiger partial charge in [0.1, 0.15) is 0 Å². The standard InChI is InChI=1S/C7H9N/c1-8(2)7-5-3-4-6-7/h3-5H,1-2H3. The summed E-state index contributed by atoms with van der Waals surface area (Å²) in [6.45, 7) is 0. The number of nitrogens with zero attached hydrogens (tertiary/aromatic N) is 1. The first-order valence-electron chi connectivity index (χ1n) is 2.61. The van der Waals surface area contributed by atoms with E-state index in [4.69, 9.17) is 0 Å². The lowest BCUT2D eigenvalue weighted by Crippen LogP contribution is -2.06. The molecule has 0 aromatic heterocycles. The van der Waals surface area contributed by atoms with Crippen LogP contribution < -0.4 is 0 Å². The summed E-state index contributed by atoms with van der Waals surface area (Å²) in [7, 11) is 4.01. The topological polar surface area (TPSA) is 3.24 Å². The third kappa shape index (κ3) is 0.824. The first-order valence-corrected chi connectivity index (χ1v) is 2.61. The molecule has 8 heavy (non-hydrogen) atoms. The highest BCUT2D eigenvalue weighted by atomic mass is 15.1. The van der Waals surface area contributed by atoms with E-state index in [0.717, 1.165) is 5.70 Å². The van der Waals surface area contributed by atoms with Gasteiger partial charge in [-0.15, -0.1) is 0 Å². The van der Waals surface area contributed by atoms with Gasteiger partial charge >= 0.3 is 0 Å². The lowest BCUT2D eigenvalue weighted by Gasteiger charge is -2.07. The molecule has 0 bridgehead atoms. The molecule has 0 unspecified atom stereocenters. The first kappa shape index (κ1) is 5.20. The summed E-state index contributed by atoms with van der Waals surface area (Å²) in [6.07, 6.45) is 5.92. The van der Waals surface area contributed by atoms with Gasteiger partial charge < -0.3 is 4.90 Å². The van der Waals surface area contributed by atoms with Crippen molar-refractivity contribution in [3.63, 3.8) is 0 Å². The largest absolute Gasteiger partial charge is 0.371 e. The van der Waals surface area contributed by atoms with Crippen molar-refractivity contribution in [2.45, 2.75) is 0 Å². The maximum Gasteiger partial charge on any atom is 0.0794 e. The van der Waals surface area contributed by atoms with Crippen molar-refractivity contribution >= 4 is 0 Å². The second-order valence-corrected chi connectivity index (χ2v) is 1.95. The highest BCUT2D eigenvalue weighted by Gasteiger charge is 1.92. The second kappa shape index (κ2) is 1.89. The van der Waals surface area contributed by atoms with Crippen LogP contribution in [0.2, 0.25) is 0 Å². The van der Waals surface area contributed by atoms with Gasteiger partial charge in [0, 0.05) is 14.1 Å². The van der Waals surface area contributed by atoms with E-state index in [1.807, 2.05) is 37.2 Å². The lowest BCUT2D eigenvalue weighted by atomic mass is 10.4. The Morgan fingerprint density at radius 3 is 2.50 bits per heavy atom. The molecular weight excluding hydrogens is 98.1 g/mol. The van der Waals surface area contributed by atoms with Crippen molar-refractivity contribution in [2.75, 3.05) is 14.1 Å². The summed E-state index contributed by atoms with van der Waals surface area (Å²) in [6, 6.07) is 0. The van der Waals surface area contributed by atoms with Crippen LogP contribution in [0.25, 0.3) is 0 Å². The second-order valence-electron chi connectivity index (χ2n) is 1.95. The molecule has 0 aromatic carbocycles. The number of allylic oxidation sites excluding steroid dienone is 2. The van der Waals surface area contributed by atoms with Gasteiger partial charge in [-0.05, 0) is 12.2 Å². The average Bonchev–Trinajstić information content (AvgIpc) is 2.12.